The Kier molecular flexibility index (Phi) is 6.26. The lowest BCUT2D eigenvalue weighted by atomic mass is 10.0. The Labute approximate surface area is 168 Å². The number of pyridine rings is 1. The van der Waals surface area contributed by atoms with Gasteiger partial charge in [-0.3, -0.25) is 9.78 Å². The number of aryl methyl sites for hydroxylation is 2. The Morgan fingerprint density at radius 2 is 1.82 bits per heavy atom. The molecular weight excluding hydrogens is 376 g/mol. The highest BCUT2D eigenvalue weighted by molar-refractivity contribution is 6.31. The van der Waals surface area contributed by atoms with Gasteiger partial charge in [0, 0.05) is 17.0 Å². The van der Waals surface area contributed by atoms with E-state index in [0.29, 0.717) is 22.7 Å². The smallest absolute Gasteiger partial charge is 0.340 e. The van der Waals surface area contributed by atoms with Crippen LogP contribution in [0.1, 0.15) is 34.1 Å². The molecule has 1 amide bonds. The molecular formula is C22H21ClN2O3. The fraction of sp³-hybridized carbons (Fsp3) is 0.227. The van der Waals surface area contributed by atoms with Crippen LogP contribution in [0.2, 0.25) is 5.02 Å². The maximum atomic E-state index is 12.7. The topological polar surface area (TPSA) is 68.3 Å². The van der Waals surface area contributed by atoms with Gasteiger partial charge in [0.25, 0.3) is 5.91 Å². The SMILES string of the molecule is CCc1nc2ccccc2c(C)c1C(=O)OCC(=O)NCc1ccccc1Cl. The van der Waals surface area contributed by atoms with E-state index >= 15 is 0 Å². The lowest BCUT2D eigenvalue weighted by molar-refractivity contribution is -0.124. The van der Waals surface area contributed by atoms with E-state index in [9.17, 15) is 9.59 Å². The maximum Gasteiger partial charge on any atom is 0.340 e. The second kappa shape index (κ2) is 8.85. The molecule has 0 bridgehead atoms. The van der Waals surface area contributed by atoms with Crippen molar-refractivity contribution in [1.82, 2.24) is 10.3 Å². The Morgan fingerprint density at radius 1 is 1.11 bits per heavy atom. The van der Waals surface area contributed by atoms with Crippen LogP contribution in [0.25, 0.3) is 10.9 Å². The molecule has 0 aliphatic rings. The molecule has 0 unspecified atom stereocenters. The molecule has 0 fully saturated rings. The molecule has 2 aromatic carbocycles. The second-order valence-electron chi connectivity index (χ2n) is 6.37. The minimum Gasteiger partial charge on any atom is -0.452 e. The summed E-state index contributed by atoms with van der Waals surface area (Å²) in [6.07, 6.45) is 0.592. The molecule has 0 atom stereocenters. The molecule has 6 heteroatoms. The summed E-state index contributed by atoms with van der Waals surface area (Å²) in [7, 11) is 0. The normalized spacial score (nSPS) is 10.7. The molecule has 1 N–H and O–H groups in total. The van der Waals surface area contributed by atoms with E-state index in [0.717, 1.165) is 22.0 Å². The van der Waals surface area contributed by atoms with Crippen molar-refractivity contribution >= 4 is 34.4 Å². The van der Waals surface area contributed by atoms with Crippen LogP contribution < -0.4 is 5.32 Å². The Balaban J connectivity index is 1.68. The number of ether oxygens (including phenoxy) is 1. The number of nitrogens with one attached hydrogen (secondary N) is 1. The number of benzene rings is 2. The van der Waals surface area contributed by atoms with Gasteiger partial charge in [0.05, 0.1) is 16.8 Å². The third-order valence-electron chi connectivity index (χ3n) is 4.53. The Bertz CT molecular complexity index is 1030. The van der Waals surface area contributed by atoms with E-state index in [1.165, 1.54) is 0 Å². The number of fused-ring (bicyclic) bond motifs is 1. The van der Waals surface area contributed by atoms with Crippen molar-refractivity contribution in [2.45, 2.75) is 26.8 Å². The number of carbonyl (C=O) groups is 2. The van der Waals surface area contributed by atoms with Gasteiger partial charge in [-0.05, 0) is 36.6 Å². The molecule has 0 aliphatic heterocycles. The van der Waals surface area contributed by atoms with E-state index in [4.69, 9.17) is 16.3 Å². The predicted octanol–water partition coefficient (Wildman–Crippen LogP) is 4.23. The number of halogens is 1. The lowest BCUT2D eigenvalue weighted by Crippen LogP contribution is -2.29. The van der Waals surface area contributed by atoms with Crippen molar-refractivity contribution in [1.29, 1.82) is 0 Å². The molecule has 5 nitrogen and oxygen atoms in total. The molecule has 0 radical (unpaired) electrons. The molecule has 1 aromatic heterocycles. The molecule has 144 valence electrons. The van der Waals surface area contributed by atoms with Crippen LogP contribution in [-0.4, -0.2) is 23.5 Å². The minimum atomic E-state index is -0.541. The number of nitrogens with zero attached hydrogens (tertiary/aromatic N) is 1. The number of amides is 1. The first-order valence-electron chi connectivity index (χ1n) is 9.06. The summed E-state index contributed by atoms with van der Waals surface area (Å²) < 4.78 is 5.26. The number of aromatic nitrogens is 1. The van der Waals surface area contributed by atoms with Crippen LogP contribution in [0.4, 0.5) is 0 Å². The highest BCUT2D eigenvalue weighted by Gasteiger charge is 2.20. The van der Waals surface area contributed by atoms with Gasteiger partial charge in [0.15, 0.2) is 6.61 Å². The summed E-state index contributed by atoms with van der Waals surface area (Å²) in [6, 6.07) is 14.9. The average Bonchev–Trinajstić information content (AvgIpc) is 2.71. The molecule has 3 aromatic rings. The molecule has 0 spiro atoms. The van der Waals surface area contributed by atoms with E-state index in [1.54, 1.807) is 6.07 Å². The summed E-state index contributed by atoms with van der Waals surface area (Å²) in [4.78, 5) is 29.3. The highest BCUT2D eigenvalue weighted by atomic mass is 35.5. The second-order valence-corrected chi connectivity index (χ2v) is 6.78. The largest absolute Gasteiger partial charge is 0.452 e. The minimum absolute atomic E-state index is 0.271. The quantitative estimate of drug-likeness (QED) is 0.633. The van der Waals surface area contributed by atoms with Gasteiger partial charge in [0.2, 0.25) is 0 Å². The van der Waals surface area contributed by atoms with E-state index in [2.05, 4.69) is 10.3 Å². The monoisotopic (exact) mass is 396 g/mol. The van der Waals surface area contributed by atoms with Crippen LogP contribution in [0, 0.1) is 6.92 Å². The number of hydrogen-bond donors (Lipinski definition) is 1. The first-order chi connectivity index (χ1) is 13.5. The lowest BCUT2D eigenvalue weighted by Gasteiger charge is -2.13. The summed E-state index contributed by atoms with van der Waals surface area (Å²) in [6.45, 7) is 3.71. The molecule has 28 heavy (non-hydrogen) atoms. The zero-order valence-corrected chi connectivity index (χ0v) is 16.5. The molecule has 3 rings (SSSR count). The van der Waals surface area contributed by atoms with Gasteiger partial charge in [-0.2, -0.15) is 0 Å². The van der Waals surface area contributed by atoms with Crippen LogP contribution in [-0.2, 0) is 22.5 Å². The van der Waals surface area contributed by atoms with Gasteiger partial charge >= 0.3 is 5.97 Å². The third kappa shape index (κ3) is 4.31. The highest BCUT2D eigenvalue weighted by Crippen LogP contribution is 2.24. The van der Waals surface area contributed by atoms with Gasteiger partial charge in [-0.25, -0.2) is 4.79 Å². The number of carbonyl (C=O) groups excluding carboxylic acids is 2. The van der Waals surface area contributed by atoms with Gasteiger partial charge in [-0.15, -0.1) is 0 Å². The number of rotatable bonds is 6. The molecule has 0 aliphatic carbocycles. The van der Waals surface area contributed by atoms with Crippen molar-refractivity contribution in [2.24, 2.45) is 0 Å². The third-order valence-corrected chi connectivity index (χ3v) is 4.90. The van der Waals surface area contributed by atoms with E-state index in [1.807, 2.05) is 56.3 Å². The standard InChI is InChI=1S/C22H21ClN2O3/c1-3-18-21(14(2)16-9-5-7-11-19(16)25-18)22(27)28-13-20(26)24-12-15-8-4-6-10-17(15)23/h4-11H,3,12-13H2,1-2H3,(H,24,26). The number of para-hydroxylation sites is 1. The summed E-state index contributed by atoms with van der Waals surface area (Å²) >= 11 is 6.07. The van der Waals surface area contributed by atoms with E-state index < -0.39 is 11.9 Å². The van der Waals surface area contributed by atoms with Crippen LogP contribution in [0.3, 0.4) is 0 Å². The van der Waals surface area contributed by atoms with Gasteiger partial charge in [0.1, 0.15) is 0 Å². The molecule has 0 saturated heterocycles. The zero-order chi connectivity index (χ0) is 20.1. The van der Waals surface area contributed by atoms with Crippen LogP contribution >= 0.6 is 11.6 Å². The van der Waals surface area contributed by atoms with Crippen molar-refractivity contribution in [3.63, 3.8) is 0 Å². The fourth-order valence-corrected chi connectivity index (χ4v) is 3.26. The van der Waals surface area contributed by atoms with Crippen molar-refractivity contribution < 1.29 is 14.3 Å². The Hall–Kier alpha value is -2.92. The van der Waals surface area contributed by atoms with Crippen molar-refractivity contribution in [3.05, 3.63) is 75.9 Å². The first-order valence-corrected chi connectivity index (χ1v) is 9.44. The van der Waals surface area contributed by atoms with Gasteiger partial charge < -0.3 is 10.1 Å². The first kappa shape index (κ1) is 19.8. The van der Waals surface area contributed by atoms with Crippen molar-refractivity contribution in [2.75, 3.05) is 6.61 Å². The van der Waals surface area contributed by atoms with E-state index in [-0.39, 0.29) is 13.2 Å². The predicted molar refractivity (Wildman–Crippen MR) is 109 cm³/mol. The summed E-state index contributed by atoms with van der Waals surface area (Å²) in [5, 5.41) is 4.18. The molecule has 0 saturated carbocycles. The summed E-state index contributed by atoms with van der Waals surface area (Å²) in [5.41, 5.74) is 3.54. The van der Waals surface area contributed by atoms with Gasteiger partial charge in [-0.1, -0.05) is 54.9 Å². The van der Waals surface area contributed by atoms with Crippen molar-refractivity contribution in [3.8, 4) is 0 Å². The Morgan fingerprint density at radius 3 is 2.57 bits per heavy atom. The number of hydrogen-bond acceptors (Lipinski definition) is 4. The summed E-state index contributed by atoms with van der Waals surface area (Å²) in [5.74, 6) is -0.932. The average molecular weight is 397 g/mol. The van der Waals surface area contributed by atoms with Crippen LogP contribution in [0.15, 0.2) is 48.5 Å². The van der Waals surface area contributed by atoms with Crippen LogP contribution in [0.5, 0.6) is 0 Å². The fourth-order valence-electron chi connectivity index (χ4n) is 3.06. The maximum absolute atomic E-state index is 12.7. The number of esters is 1. The zero-order valence-electron chi connectivity index (χ0n) is 15.8. The molecule has 1 heterocycles.